The summed E-state index contributed by atoms with van der Waals surface area (Å²) in [6.45, 7) is 5.02. The number of alkyl halides is 3. The van der Waals surface area contributed by atoms with Gasteiger partial charge in [0.15, 0.2) is 17.3 Å². The van der Waals surface area contributed by atoms with Crippen LogP contribution in [0.15, 0.2) is 72.3 Å². The first-order chi connectivity index (χ1) is 26.6. The quantitative estimate of drug-likeness (QED) is 0.158. The van der Waals surface area contributed by atoms with Crippen LogP contribution in [0.4, 0.5) is 13.2 Å². The third-order valence-electron chi connectivity index (χ3n) is 12.4. The van der Waals surface area contributed by atoms with Crippen LogP contribution >= 0.6 is 0 Å². The lowest BCUT2D eigenvalue weighted by molar-refractivity contribution is -0.142. The van der Waals surface area contributed by atoms with Gasteiger partial charge in [-0.3, -0.25) is 9.59 Å². The van der Waals surface area contributed by atoms with Crippen molar-refractivity contribution in [2.24, 2.45) is 5.41 Å². The summed E-state index contributed by atoms with van der Waals surface area (Å²) < 4.78 is 58.3. The molecule has 7 rings (SSSR count). The standard InChI is InChI=1S/C45H54F3NO7/c1-29-8-6-19-43(2)38(36-16-13-30(22-34(50)15-12-29)23-37(36)42(52)32-9-5-10-33(26-32)45(46,47)48)18-20-44(43,53)28-49(27-35-11-7-21-56-35)41(51)25-31-14-17-39(54-3)40(24-31)55-4/h5,8-10,13-14,16-17,23-24,26,34-35,38,50,53H,6-7,11-12,15,18-22,25,27-28H2,1-4H3. The number of halogens is 3. The summed E-state index contributed by atoms with van der Waals surface area (Å²) in [4.78, 5) is 30.4. The van der Waals surface area contributed by atoms with E-state index in [9.17, 15) is 33.0 Å². The zero-order valence-electron chi connectivity index (χ0n) is 32.8. The summed E-state index contributed by atoms with van der Waals surface area (Å²) in [5.74, 6) is -0.0422. The number of hydrogen-bond acceptors (Lipinski definition) is 7. The molecule has 1 aliphatic heterocycles. The van der Waals surface area contributed by atoms with E-state index in [1.54, 1.807) is 30.2 Å². The smallest absolute Gasteiger partial charge is 0.416 e. The topological polar surface area (TPSA) is 106 Å². The molecule has 4 aliphatic rings. The minimum absolute atomic E-state index is 0.0376. The number of carbonyl (C=O) groups is 2. The fourth-order valence-corrected chi connectivity index (χ4v) is 9.07. The van der Waals surface area contributed by atoms with Gasteiger partial charge < -0.3 is 29.3 Å². The molecule has 5 atom stereocenters. The Morgan fingerprint density at radius 1 is 0.982 bits per heavy atom. The number of aliphatic hydroxyl groups is 2. The number of methoxy groups -OCH3 is 2. The zero-order valence-corrected chi connectivity index (χ0v) is 32.8. The van der Waals surface area contributed by atoms with Crippen LogP contribution in [0.1, 0.15) is 109 Å². The molecule has 1 saturated carbocycles. The Kier molecular flexibility index (Phi) is 12.7. The van der Waals surface area contributed by atoms with Crippen molar-refractivity contribution in [2.45, 2.75) is 108 Å². The van der Waals surface area contributed by atoms with Crippen molar-refractivity contribution in [1.29, 1.82) is 0 Å². The van der Waals surface area contributed by atoms with Gasteiger partial charge in [0.05, 0.1) is 50.6 Å². The molecule has 0 aromatic heterocycles. The van der Waals surface area contributed by atoms with Crippen LogP contribution in [0.25, 0.3) is 0 Å². The summed E-state index contributed by atoms with van der Waals surface area (Å²) in [5.41, 5.74) is 0.208. The molecule has 1 heterocycles. The molecular formula is C45H54F3NO7. The first-order valence-corrected chi connectivity index (χ1v) is 19.7. The molecule has 302 valence electrons. The number of rotatable bonds is 10. The van der Waals surface area contributed by atoms with Crippen LogP contribution in [-0.4, -0.2) is 78.5 Å². The number of allylic oxidation sites excluding steroid dienone is 2. The molecule has 8 nitrogen and oxygen atoms in total. The van der Waals surface area contributed by atoms with Crippen LogP contribution in [0.2, 0.25) is 0 Å². The largest absolute Gasteiger partial charge is 0.493 e. The molecule has 3 aromatic rings. The Bertz CT molecular complexity index is 1920. The van der Waals surface area contributed by atoms with Crippen molar-refractivity contribution in [3.63, 3.8) is 0 Å². The molecule has 2 bridgehead atoms. The zero-order chi connectivity index (χ0) is 40.3. The second-order valence-corrected chi connectivity index (χ2v) is 16.1. The number of fused-ring (bicyclic) bond motifs is 8. The first-order valence-electron chi connectivity index (χ1n) is 19.7. The highest BCUT2D eigenvalue weighted by Crippen LogP contribution is 2.59. The second kappa shape index (κ2) is 17.1. The average molecular weight is 778 g/mol. The van der Waals surface area contributed by atoms with Gasteiger partial charge in [-0.2, -0.15) is 13.2 Å². The molecule has 1 amide bonds. The molecule has 0 spiro atoms. The van der Waals surface area contributed by atoms with Crippen LogP contribution in [-0.2, 0) is 28.5 Å². The van der Waals surface area contributed by atoms with E-state index in [0.29, 0.717) is 74.3 Å². The third-order valence-corrected chi connectivity index (χ3v) is 12.4. The normalized spacial score (nSPS) is 25.6. The third kappa shape index (κ3) is 9.00. The van der Waals surface area contributed by atoms with E-state index in [4.69, 9.17) is 14.2 Å². The Hall–Kier alpha value is -4.19. The number of aliphatic hydroxyl groups excluding tert-OH is 1. The number of carbonyl (C=O) groups excluding carboxylic acids is 2. The van der Waals surface area contributed by atoms with Gasteiger partial charge in [0.25, 0.3) is 0 Å². The van der Waals surface area contributed by atoms with Crippen LogP contribution in [0.3, 0.4) is 0 Å². The van der Waals surface area contributed by atoms with E-state index in [1.165, 1.54) is 19.2 Å². The Labute approximate surface area is 327 Å². The van der Waals surface area contributed by atoms with E-state index in [2.05, 4.69) is 6.08 Å². The molecule has 2 fully saturated rings. The number of amides is 1. The highest BCUT2D eigenvalue weighted by molar-refractivity contribution is 6.10. The van der Waals surface area contributed by atoms with Crippen molar-refractivity contribution >= 4 is 11.7 Å². The SMILES string of the molecule is COc1ccc(CC(=O)N(CC2CCCO2)CC2(O)CCC3c4ccc(cc4C(=O)c4cccc(C(F)(F)F)c4)CC(O)CCC(C)=CCCC32C)cc1OC. The molecule has 1 saturated heterocycles. The summed E-state index contributed by atoms with van der Waals surface area (Å²) in [7, 11) is 3.09. The number of hydrogen-bond donors (Lipinski definition) is 2. The van der Waals surface area contributed by atoms with Crippen molar-refractivity contribution < 1.29 is 47.2 Å². The first kappa shape index (κ1) is 41.4. The summed E-state index contributed by atoms with van der Waals surface area (Å²) in [6, 6.07) is 15.3. The Morgan fingerprint density at radius 3 is 2.48 bits per heavy atom. The molecule has 5 unspecified atom stereocenters. The van der Waals surface area contributed by atoms with Crippen LogP contribution in [0.5, 0.6) is 11.5 Å². The maximum atomic E-state index is 14.4. The summed E-state index contributed by atoms with van der Waals surface area (Å²) in [6.07, 6.45) is 1.81. The maximum absolute atomic E-state index is 14.4. The fraction of sp³-hybridized carbons (Fsp3) is 0.511. The van der Waals surface area contributed by atoms with Crippen LogP contribution < -0.4 is 9.47 Å². The lowest BCUT2D eigenvalue weighted by atomic mass is 9.64. The molecular weight excluding hydrogens is 723 g/mol. The predicted molar refractivity (Wildman–Crippen MR) is 207 cm³/mol. The molecule has 11 heteroatoms. The summed E-state index contributed by atoms with van der Waals surface area (Å²) >= 11 is 0. The van der Waals surface area contributed by atoms with E-state index in [0.717, 1.165) is 36.1 Å². The number of nitrogens with zero attached hydrogens (tertiary/aromatic N) is 1. The number of benzene rings is 3. The lowest BCUT2D eigenvalue weighted by Crippen LogP contribution is -2.55. The van der Waals surface area contributed by atoms with E-state index in [1.807, 2.05) is 32.0 Å². The van der Waals surface area contributed by atoms with Gasteiger partial charge in [-0.1, -0.05) is 48.9 Å². The maximum Gasteiger partial charge on any atom is 0.416 e. The molecule has 3 aliphatic carbocycles. The number of ether oxygens (including phenoxy) is 3. The Balaban J connectivity index is 1.40. The van der Waals surface area contributed by atoms with Gasteiger partial charge in [0.2, 0.25) is 5.91 Å². The average Bonchev–Trinajstić information content (AvgIpc) is 3.78. The molecule has 2 N–H and O–H groups in total. The lowest BCUT2D eigenvalue weighted by Gasteiger charge is -2.46. The number of ketones is 1. The molecule has 3 aromatic carbocycles. The van der Waals surface area contributed by atoms with Gasteiger partial charge >= 0.3 is 6.18 Å². The van der Waals surface area contributed by atoms with Gasteiger partial charge in [0.1, 0.15) is 0 Å². The van der Waals surface area contributed by atoms with Crippen LogP contribution in [0, 0.1) is 5.41 Å². The van der Waals surface area contributed by atoms with Gasteiger partial charge in [0, 0.05) is 29.7 Å². The molecule has 0 radical (unpaired) electrons. The second-order valence-electron chi connectivity index (χ2n) is 16.1. The minimum Gasteiger partial charge on any atom is -0.493 e. The van der Waals surface area contributed by atoms with Crippen molar-refractivity contribution in [1.82, 2.24) is 4.90 Å². The van der Waals surface area contributed by atoms with E-state index in [-0.39, 0.29) is 48.4 Å². The van der Waals surface area contributed by atoms with Gasteiger partial charge in [-0.25, -0.2) is 0 Å². The highest BCUT2D eigenvalue weighted by Gasteiger charge is 2.58. The van der Waals surface area contributed by atoms with Gasteiger partial charge in [-0.15, -0.1) is 0 Å². The minimum atomic E-state index is -4.63. The highest BCUT2D eigenvalue weighted by atomic mass is 19.4. The Morgan fingerprint density at radius 2 is 1.77 bits per heavy atom. The van der Waals surface area contributed by atoms with Crippen molar-refractivity contribution in [2.75, 3.05) is 33.9 Å². The summed E-state index contributed by atoms with van der Waals surface area (Å²) in [5, 5.41) is 24.0. The predicted octanol–water partition coefficient (Wildman–Crippen LogP) is 8.24. The van der Waals surface area contributed by atoms with Crippen molar-refractivity contribution in [3.05, 3.63) is 106 Å². The van der Waals surface area contributed by atoms with Crippen molar-refractivity contribution in [3.8, 4) is 11.5 Å². The monoisotopic (exact) mass is 777 g/mol. The van der Waals surface area contributed by atoms with Gasteiger partial charge in [-0.05, 0) is 118 Å². The van der Waals surface area contributed by atoms with E-state index < -0.39 is 34.6 Å². The molecule has 56 heavy (non-hydrogen) atoms. The fourth-order valence-electron chi connectivity index (χ4n) is 9.07. The van der Waals surface area contributed by atoms with E-state index >= 15 is 0 Å².